The number of benzene rings is 4. The molecule has 4 aromatic carbocycles. The molecule has 0 unspecified atom stereocenters. The number of carbonyl (C=O) groups excluding carboxylic acids is 4. The highest BCUT2D eigenvalue weighted by Gasteiger charge is 2.42. The molecule has 15 heteroatoms. The van der Waals surface area contributed by atoms with Crippen LogP contribution in [-0.4, -0.2) is 95.3 Å². The van der Waals surface area contributed by atoms with Crippen molar-refractivity contribution in [3.05, 3.63) is 108 Å². The number of likely N-dealkylation sites (tertiary alicyclic amines) is 2. The summed E-state index contributed by atoms with van der Waals surface area (Å²) in [6.45, 7) is 7.20. The average Bonchev–Trinajstić information content (AvgIpc) is 4.15. The number of hydrogen-bond acceptors (Lipinski definition) is 9. The van der Waals surface area contributed by atoms with Crippen LogP contribution in [0.3, 0.4) is 0 Å². The van der Waals surface area contributed by atoms with Gasteiger partial charge >= 0.3 is 12.2 Å². The number of nitrogens with one attached hydrogen (secondary N) is 4. The van der Waals surface area contributed by atoms with Gasteiger partial charge in [0.1, 0.15) is 30.3 Å². The largest absolute Gasteiger partial charge is 0.488 e. The van der Waals surface area contributed by atoms with Crippen molar-refractivity contribution in [2.75, 3.05) is 34.5 Å². The fraction of sp³-hybridized carbons (Fsp3) is 0.380. The van der Waals surface area contributed by atoms with Crippen LogP contribution in [-0.2, 0) is 30.4 Å². The minimum absolute atomic E-state index is 0.00584. The molecule has 2 aromatic heterocycles. The van der Waals surface area contributed by atoms with Crippen LogP contribution in [0.4, 0.5) is 9.59 Å². The van der Waals surface area contributed by atoms with Gasteiger partial charge in [-0.2, -0.15) is 0 Å². The van der Waals surface area contributed by atoms with Gasteiger partial charge < -0.3 is 49.3 Å². The summed E-state index contributed by atoms with van der Waals surface area (Å²) in [4.78, 5) is 68.7. The number of nitrogens with zero attached hydrogens (tertiary/aromatic N) is 3. The molecule has 4 amide bonds. The number of fused-ring (bicyclic) bond motifs is 6. The van der Waals surface area contributed by atoms with Crippen molar-refractivity contribution < 1.29 is 38.1 Å². The highest BCUT2D eigenvalue weighted by atomic mass is 16.5. The zero-order valence-corrected chi connectivity index (χ0v) is 37.5. The highest BCUT2D eigenvalue weighted by molar-refractivity contribution is 6.08. The first-order valence-corrected chi connectivity index (χ1v) is 22.2. The molecule has 9 rings (SSSR count). The summed E-state index contributed by atoms with van der Waals surface area (Å²) < 4.78 is 21.7. The summed E-state index contributed by atoms with van der Waals surface area (Å²) >= 11 is 0. The van der Waals surface area contributed by atoms with Gasteiger partial charge in [-0.25, -0.2) is 14.6 Å². The van der Waals surface area contributed by atoms with E-state index in [2.05, 4.69) is 76.1 Å². The fourth-order valence-electron chi connectivity index (χ4n) is 10.0. The second-order valence-corrected chi connectivity index (χ2v) is 17.8. The first kappa shape index (κ1) is 43.4. The molecule has 2 saturated heterocycles. The lowest BCUT2D eigenvalue weighted by Crippen LogP contribution is -2.52. The van der Waals surface area contributed by atoms with Crippen molar-refractivity contribution in [3.63, 3.8) is 0 Å². The number of alkyl carbamates (subject to hydrolysis) is 2. The van der Waals surface area contributed by atoms with Gasteiger partial charge in [0.15, 0.2) is 0 Å². The summed E-state index contributed by atoms with van der Waals surface area (Å²) in [5.74, 6) is 1.01. The smallest absolute Gasteiger partial charge is 0.407 e. The quantitative estimate of drug-likeness (QED) is 0.0995. The number of carbonyl (C=O) groups is 4. The van der Waals surface area contributed by atoms with Crippen molar-refractivity contribution in [2.45, 2.75) is 76.8 Å². The van der Waals surface area contributed by atoms with Crippen LogP contribution in [0.5, 0.6) is 5.75 Å². The Hall–Kier alpha value is -6.87. The highest BCUT2D eigenvalue weighted by Crippen LogP contribution is 2.45. The summed E-state index contributed by atoms with van der Waals surface area (Å²) in [5.41, 5.74) is 7.44. The number of aromatic amines is 2. The van der Waals surface area contributed by atoms with Crippen LogP contribution in [0.1, 0.15) is 80.8 Å². The molecule has 0 aliphatic carbocycles. The second-order valence-electron chi connectivity index (χ2n) is 17.8. The SMILES string of the molecule is COC[C@H]1C[C@@H](c2ncc(-c3ccc4c(c3)COc3cc5c(ccc6cc([C@@H]7CC[C@H](C)N7C(=O)[C@@H](NC(=O)OC)C(C)C)[nH]c65)cc3-4)[nH]2)N(C(=O)[C@H](NC(=O)OC)c2ccccc2)C1. The van der Waals surface area contributed by atoms with Gasteiger partial charge in [-0.05, 0) is 84.0 Å². The maximum absolute atomic E-state index is 14.3. The zero-order valence-electron chi connectivity index (χ0n) is 37.5. The van der Waals surface area contributed by atoms with Crippen LogP contribution in [0, 0.1) is 11.8 Å². The Bertz CT molecular complexity index is 2770. The average molecular weight is 882 g/mol. The second kappa shape index (κ2) is 18.0. The Labute approximate surface area is 377 Å². The molecule has 338 valence electrons. The topological polar surface area (TPSA) is 180 Å². The van der Waals surface area contributed by atoms with Crippen molar-refractivity contribution in [2.24, 2.45) is 11.8 Å². The molecule has 6 atom stereocenters. The van der Waals surface area contributed by atoms with E-state index in [1.807, 2.05) is 49.1 Å². The van der Waals surface area contributed by atoms with Crippen LogP contribution in [0.25, 0.3) is 44.1 Å². The van der Waals surface area contributed by atoms with Gasteiger partial charge in [-0.15, -0.1) is 0 Å². The van der Waals surface area contributed by atoms with Gasteiger partial charge in [0.05, 0.1) is 50.3 Å². The first-order chi connectivity index (χ1) is 31.5. The minimum atomic E-state index is -0.945. The van der Waals surface area contributed by atoms with Crippen molar-refractivity contribution in [1.29, 1.82) is 0 Å². The van der Waals surface area contributed by atoms with E-state index in [0.29, 0.717) is 37.6 Å². The van der Waals surface area contributed by atoms with Gasteiger partial charge in [0, 0.05) is 47.6 Å². The van der Waals surface area contributed by atoms with Crippen molar-refractivity contribution in [1.82, 2.24) is 35.4 Å². The lowest BCUT2D eigenvalue weighted by Gasteiger charge is -2.33. The van der Waals surface area contributed by atoms with Gasteiger partial charge in [-0.3, -0.25) is 9.59 Å². The summed E-state index contributed by atoms with van der Waals surface area (Å²) in [5, 5.41) is 8.62. The number of methoxy groups -OCH3 is 3. The number of imidazole rings is 1. The summed E-state index contributed by atoms with van der Waals surface area (Å²) in [6, 6.07) is 23.9. The Morgan fingerprint density at radius 2 is 1.62 bits per heavy atom. The number of ether oxygens (including phenoxy) is 4. The maximum Gasteiger partial charge on any atom is 0.407 e. The van der Waals surface area contributed by atoms with E-state index in [1.165, 1.54) is 14.2 Å². The van der Waals surface area contributed by atoms with Gasteiger partial charge in [-0.1, -0.05) is 68.4 Å². The van der Waals surface area contributed by atoms with Crippen molar-refractivity contribution in [3.8, 4) is 28.1 Å². The molecule has 3 aliphatic heterocycles. The fourth-order valence-corrected chi connectivity index (χ4v) is 10.0. The molecule has 3 aliphatic rings. The van der Waals surface area contributed by atoms with E-state index in [4.69, 9.17) is 23.9 Å². The third-order valence-electron chi connectivity index (χ3n) is 13.3. The predicted octanol–water partition coefficient (Wildman–Crippen LogP) is 8.34. The number of amides is 4. The third kappa shape index (κ3) is 8.24. The maximum atomic E-state index is 14.3. The molecule has 65 heavy (non-hydrogen) atoms. The van der Waals surface area contributed by atoms with E-state index in [-0.39, 0.29) is 41.8 Å². The van der Waals surface area contributed by atoms with Gasteiger partial charge in [0.25, 0.3) is 5.91 Å². The van der Waals surface area contributed by atoms with Crippen LogP contribution in [0.15, 0.2) is 85.1 Å². The third-order valence-corrected chi connectivity index (χ3v) is 13.3. The van der Waals surface area contributed by atoms with E-state index in [9.17, 15) is 19.2 Å². The normalized spacial score (nSPS) is 20.0. The molecular weight excluding hydrogens is 827 g/mol. The molecule has 0 spiro atoms. The van der Waals surface area contributed by atoms with E-state index >= 15 is 0 Å². The molecule has 2 fully saturated rings. The molecule has 0 bridgehead atoms. The standard InChI is InChI=1S/C50H55N7O8/c1-27(2)43(54-49(60)63-5)48(59)57-28(3)12-17-40(57)38-21-33-14-13-31-20-37-35-16-15-32(19-34(35)26-65-42(37)22-36(31)44(33)52-38)39-23-51-46(53-39)41-18-29(25-62-4)24-56(41)47(58)45(55-50(61)64-6)30-10-8-7-9-11-30/h7-11,13-16,19-23,27-29,40-41,43,45,52H,12,17-18,24-26H2,1-6H3,(H,51,53)(H,54,60)(H,55,61)/t28-,29-,40-,41-,43-,45+/m0/s1. The molecule has 4 N–H and O–H groups in total. The van der Waals surface area contributed by atoms with E-state index in [1.54, 1.807) is 18.2 Å². The number of rotatable bonds is 11. The number of H-pyrrole nitrogens is 2. The molecule has 0 saturated carbocycles. The van der Waals surface area contributed by atoms with Crippen LogP contribution >= 0.6 is 0 Å². The summed E-state index contributed by atoms with van der Waals surface area (Å²) in [6.07, 6.45) is 2.77. The lowest BCUT2D eigenvalue weighted by molar-refractivity contribution is -0.137. The molecular formula is C50H55N7O8. The van der Waals surface area contributed by atoms with Gasteiger partial charge in [0.2, 0.25) is 5.91 Å². The zero-order chi connectivity index (χ0) is 45.5. The molecule has 0 radical (unpaired) electrons. The van der Waals surface area contributed by atoms with E-state index < -0.39 is 24.3 Å². The van der Waals surface area contributed by atoms with Crippen LogP contribution < -0.4 is 15.4 Å². The van der Waals surface area contributed by atoms with E-state index in [0.717, 1.165) is 73.9 Å². The Morgan fingerprint density at radius 3 is 2.37 bits per heavy atom. The number of hydrogen-bond donors (Lipinski definition) is 4. The Kier molecular flexibility index (Phi) is 12.0. The monoisotopic (exact) mass is 881 g/mol. The Balaban J connectivity index is 0.974. The minimum Gasteiger partial charge on any atom is -0.488 e. The summed E-state index contributed by atoms with van der Waals surface area (Å²) in [7, 11) is 4.23. The van der Waals surface area contributed by atoms with Crippen molar-refractivity contribution >= 4 is 45.7 Å². The molecule has 15 nitrogen and oxygen atoms in total. The molecule has 6 aromatic rings. The number of aromatic nitrogens is 3. The predicted molar refractivity (Wildman–Crippen MR) is 245 cm³/mol. The lowest BCUT2D eigenvalue weighted by atomic mass is 9.92. The molecule has 5 heterocycles. The Morgan fingerprint density at radius 1 is 0.846 bits per heavy atom. The van der Waals surface area contributed by atoms with Crippen LogP contribution in [0.2, 0.25) is 0 Å². The first-order valence-electron chi connectivity index (χ1n) is 22.2.